The molecule has 1 saturated heterocycles. The van der Waals surface area contributed by atoms with Crippen molar-refractivity contribution in [2.75, 3.05) is 13.2 Å². The number of carbonyl (C=O) groups excluding carboxylic acids is 3. The number of amides is 3. The molecule has 3 saturated carbocycles. The molecule has 11 heteroatoms. The molecule has 5 aliphatic rings. The Bertz CT molecular complexity index is 1530. The molecule has 264 valence electrons. The van der Waals surface area contributed by atoms with Gasteiger partial charge in [-0.1, -0.05) is 76.2 Å². The molecule has 10 nitrogen and oxygen atoms in total. The van der Waals surface area contributed by atoms with E-state index in [1.54, 1.807) is 20.8 Å². The van der Waals surface area contributed by atoms with Crippen molar-refractivity contribution in [1.29, 1.82) is 0 Å². The minimum atomic E-state index is -1.14. The fraction of sp³-hybridized carbons (Fsp3) is 0.605. The SMILES string of the molecule is CC(C)C[C@H](NC(=O)[C@H](CNC(=O)OCC1c2ccccc2-c2ccccc21)NC(=O)OC(C)(C)C)B1O[C@@H]2C[C@H]3C[C@H](C3(C)C)[C@]2(C)O1. The lowest BCUT2D eigenvalue weighted by molar-refractivity contribution is -0.199. The van der Waals surface area contributed by atoms with Gasteiger partial charge in [-0.2, -0.15) is 0 Å². The number of fused-ring (bicyclic) bond motifs is 3. The Balaban J connectivity index is 1.12. The Hall–Kier alpha value is -3.57. The zero-order valence-corrected chi connectivity index (χ0v) is 30.1. The zero-order chi connectivity index (χ0) is 35.3. The first-order valence-corrected chi connectivity index (χ1v) is 17.8. The summed E-state index contributed by atoms with van der Waals surface area (Å²) < 4.78 is 24.4. The first-order valence-electron chi connectivity index (χ1n) is 17.8. The van der Waals surface area contributed by atoms with Crippen molar-refractivity contribution in [2.24, 2.45) is 23.2 Å². The van der Waals surface area contributed by atoms with E-state index in [4.69, 9.17) is 18.8 Å². The monoisotopic (exact) mass is 673 g/mol. The summed E-state index contributed by atoms with van der Waals surface area (Å²) >= 11 is 0. The van der Waals surface area contributed by atoms with Crippen LogP contribution in [0.25, 0.3) is 11.1 Å². The number of hydrogen-bond acceptors (Lipinski definition) is 7. The topological polar surface area (TPSA) is 124 Å². The van der Waals surface area contributed by atoms with E-state index < -0.39 is 48.4 Å². The van der Waals surface area contributed by atoms with E-state index in [0.29, 0.717) is 18.3 Å². The molecule has 0 unspecified atom stereocenters. The van der Waals surface area contributed by atoms with Crippen molar-refractivity contribution in [3.63, 3.8) is 0 Å². The quantitative estimate of drug-likeness (QED) is 0.256. The van der Waals surface area contributed by atoms with Crippen LogP contribution in [0.2, 0.25) is 0 Å². The maximum Gasteiger partial charge on any atom is 0.481 e. The van der Waals surface area contributed by atoms with Crippen LogP contribution in [0, 0.1) is 23.2 Å². The van der Waals surface area contributed by atoms with Crippen molar-refractivity contribution < 1.29 is 33.2 Å². The summed E-state index contributed by atoms with van der Waals surface area (Å²) in [6.45, 7) is 16.1. The lowest BCUT2D eigenvalue weighted by Crippen LogP contribution is -2.65. The first-order chi connectivity index (χ1) is 23.1. The highest BCUT2D eigenvalue weighted by Crippen LogP contribution is 2.65. The van der Waals surface area contributed by atoms with Gasteiger partial charge in [0.1, 0.15) is 18.2 Å². The van der Waals surface area contributed by atoms with Gasteiger partial charge in [0.25, 0.3) is 0 Å². The molecule has 0 spiro atoms. The summed E-state index contributed by atoms with van der Waals surface area (Å²) in [4.78, 5) is 39.9. The second kappa shape index (κ2) is 13.3. The molecular formula is C38H52BN3O7. The molecule has 2 bridgehead atoms. The zero-order valence-electron chi connectivity index (χ0n) is 30.1. The van der Waals surface area contributed by atoms with Gasteiger partial charge in [-0.05, 0) is 92.4 Å². The van der Waals surface area contributed by atoms with Crippen LogP contribution in [0.15, 0.2) is 48.5 Å². The Morgan fingerprint density at radius 3 is 2.16 bits per heavy atom. The smallest absolute Gasteiger partial charge is 0.449 e. The minimum absolute atomic E-state index is 0.0354. The number of ether oxygens (including phenoxy) is 2. The molecule has 1 heterocycles. The molecule has 7 rings (SSSR count). The number of rotatable bonds is 10. The van der Waals surface area contributed by atoms with E-state index >= 15 is 0 Å². The van der Waals surface area contributed by atoms with Crippen molar-refractivity contribution >= 4 is 25.2 Å². The lowest BCUT2D eigenvalue weighted by Gasteiger charge is -2.64. The van der Waals surface area contributed by atoms with Crippen LogP contribution in [0.3, 0.4) is 0 Å². The second-order valence-corrected chi connectivity index (χ2v) is 16.5. The van der Waals surface area contributed by atoms with Gasteiger partial charge in [0.2, 0.25) is 5.91 Å². The van der Waals surface area contributed by atoms with Crippen molar-refractivity contribution in [3.8, 4) is 11.1 Å². The first kappa shape index (κ1) is 35.3. The number of benzene rings is 2. The Kier molecular flexibility index (Phi) is 9.56. The maximum atomic E-state index is 13.9. The predicted molar refractivity (Wildman–Crippen MR) is 188 cm³/mol. The van der Waals surface area contributed by atoms with E-state index in [1.165, 1.54) is 0 Å². The summed E-state index contributed by atoms with van der Waals surface area (Å²) in [5, 5.41) is 8.46. The highest BCUT2D eigenvalue weighted by Gasteiger charge is 2.68. The molecule has 49 heavy (non-hydrogen) atoms. The van der Waals surface area contributed by atoms with Crippen LogP contribution in [0.5, 0.6) is 0 Å². The van der Waals surface area contributed by atoms with Crippen LogP contribution in [-0.4, -0.2) is 67.7 Å². The van der Waals surface area contributed by atoms with E-state index in [0.717, 1.165) is 35.1 Å². The van der Waals surface area contributed by atoms with E-state index in [-0.39, 0.29) is 36.5 Å². The summed E-state index contributed by atoms with van der Waals surface area (Å²) in [6.07, 6.45) is 1.18. The Morgan fingerprint density at radius 1 is 0.939 bits per heavy atom. The van der Waals surface area contributed by atoms with Gasteiger partial charge in [-0.15, -0.1) is 0 Å². The molecule has 2 aromatic carbocycles. The van der Waals surface area contributed by atoms with Crippen LogP contribution >= 0.6 is 0 Å². The van der Waals surface area contributed by atoms with Crippen molar-refractivity contribution in [1.82, 2.24) is 16.0 Å². The third-order valence-electron chi connectivity index (χ3n) is 11.2. The fourth-order valence-corrected chi connectivity index (χ4v) is 8.59. The van der Waals surface area contributed by atoms with Gasteiger partial charge in [0.05, 0.1) is 24.2 Å². The third-order valence-corrected chi connectivity index (χ3v) is 11.2. The molecule has 1 aliphatic heterocycles. The predicted octanol–water partition coefficient (Wildman–Crippen LogP) is 6.22. The van der Waals surface area contributed by atoms with Gasteiger partial charge >= 0.3 is 19.3 Å². The van der Waals surface area contributed by atoms with Crippen LogP contribution in [0.4, 0.5) is 9.59 Å². The number of alkyl carbamates (subject to hydrolysis) is 2. The molecule has 3 amide bonds. The van der Waals surface area contributed by atoms with E-state index in [1.807, 2.05) is 24.3 Å². The third kappa shape index (κ3) is 7.06. The van der Waals surface area contributed by atoms with Crippen molar-refractivity contribution in [3.05, 3.63) is 59.7 Å². The Morgan fingerprint density at radius 2 is 1.57 bits per heavy atom. The molecule has 0 radical (unpaired) electrons. The maximum absolute atomic E-state index is 13.9. The Labute approximate surface area is 290 Å². The van der Waals surface area contributed by atoms with Crippen LogP contribution in [0.1, 0.15) is 91.7 Å². The fourth-order valence-electron chi connectivity index (χ4n) is 8.59. The summed E-state index contributed by atoms with van der Waals surface area (Å²) in [5.41, 5.74) is 3.44. The minimum Gasteiger partial charge on any atom is -0.449 e. The standard InChI is InChI=1S/C38H52BN3O7/c1-22(2)17-32(39-48-31-19-23-18-30(37(23,6)7)38(31,8)49-39)42-33(43)29(41-35(45)47-36(3,4)5)20-40-34(44)46-21-28-26-15-11-9-13-24(26)25-14-10-12-16-27(25)28/h9-16,22-23,28-32H,17-21H2,1-8H3,(H,40,44)(H,41,45)(H,42,43)/t23-,29+,30-,31-,32+,38+/m1/s1. The molecular weight excluding hydrogens is 621 g/mol. The van der Waals surface area contributed by atoms with Crippen LogP contribution in [-0.2, 0) is 23.6 Å². The summed E-state index contributed by atoms with van der Waals surface area (Å²) in [5.74, 6) is 0.159. The second-order valence-electron chi connectivity index (χ2n) is 16.5. The van der Waals surface area contributed by atoms with Gasteiger partial charge in [0.15, 0.2) is 0 Å². The van der Waals surface area contributed by atoms with Gasteiger partial charge in [-0.25, -0.2) is 9.59 Å². The molecule has 0 aromatic heterocycles. The summed E-state index contributed by atoms with van der Waals surface area (Å²) in [7, 11) is -0.631. The van der Waals surface area contributed by atoms with Gasteiger partial charge < -0.3 is 34.7 Å². The normalized spacial score (nSPS) is 26.1. The molecule has 6 atom stereocenters. The van der Waals surface area contributed by atoms with E-state index in [9.17, 15) is 14.4 Å². The largest absolute Gasteiger partial charge is 0.481 e. The number of nitrogens with one attached hydrogen (secondary N) is 3. The molecule has 4 aliphatic carbocycles. The van der Waals surface area contributed by atoms with Gasteiger partial charge in [0, 0.05) is 5.92 Å². The average molecular weight is 674 g/mol. The van der Waals surface area contributed by atoms with Crippen molar-refractivity contribution in [2.45, 2.75) is 110 Å². The molecule has 4 fully saturated rings. The molecule has 3 N–H and O–H groups in total. The average Bonchev–Trinajstić information content (AvgIpc) is 3.55. The number of hydrogen-bond donors (Lipinski definition) is 3. The highest BCUT2D eigenvalue weighted by molar-refractivity contribution is 6.48. The van der Waals surface area contributed by atoms with Gasteiger partial charge in [-0.3, -0.25) is 4.79 Å². The summed E-state index contributed by atoms with van der Waals surface area (Å²) in [6, 6.07) is 15.1. The van der Waals surface area contributed by atoms with Crippen LogP contribution < -0.4 is 16.0 Å². The molecule has 2 aromatic rings. The highest BCUT2D eigenvalue weighted by atomic mass is 16.7. The lowest BCUT2D eigenvalue weighted by atomic mass is 9.43. The van der Waals surface area contributed by atoms with E-state index in [2.05, 4.69) is 74.8 Å². The number of carbonyl (C=O) groups is 3.